The number of thiazole rings is 1. The normalized spacial score (nSPS) is 25.1. The minimum atomic E-state index is -4.35. The summed E-state index contributed by atoms with van der Waals surface area (Å²) < 4.78 is 38.1. The first-order chi connectivity index (χ1) is 9.37. The van der Waals surface area contributed by atoms with Crippen molar-refractivity contribution in [2.75, 3.05) is 12.3 Å². The molecule has 0 amide bonds. The third-order valence-corrected chi connectivity index (χ3v) is 6.21. The van der Waals surface area contributed by atoms with Gasteiger partial charge in [0.15, 0.2) is 5.01 Å². The average molecular weight is 324 g/mol. The highest BCUT2D eigenvalue weighted by Gasteiger charge is 2.41. The van der Waals surface area contributed by atoms with Gasteiger partial charge in [-0.1, -0.05) is 6.92 Å². The molecule has 1 N–H and O–H groups in total. The molecule has 7 heteroatoms. The van der Waals surface area contributed by atoms with Crippen molar-refractivity contribution < 1.29 is 13.2 Å². The maximum absolute atomic E-state index is 12.7. The number of halogens is 3. The lowest BCUT2D eigenvalue weighted by molar-refractivity contribution is -0.137. The van der Waals surface area contributed by atoms with E-state index < -0.39 is 11.2 Å². The second-order valence-electron chi connectivity index (χ2n) is 5.22. The highest BCUT2D eigenvalue weighted by molar-refractivity contribution is 8.00. The lowest BCUT2D eigenvalue weighted by Gasteiger charge is -2.33. The van der Waals surface area contributed by atoms with E-state index in [1.807, 2.05) is 11.8 Å². The Balaban J connectivity index is 2.24. The molecule has 0 aliphatic carbocycles. The van der Waals surface area contributed by atoms with Gasteiger partial charge >= 0.3 is 6.18 Å². The summed E-state index contributed by atoms with van der Waals surface area (Å²) in [6, 6.07) is -0.0523. The number of aromatic nitrogens is 1. The Morgan fingerprint density at radius 3 is 2.75 bits per heavy atom. The van der Waals surface area contributed by atoms with Crippen LogP contribution in [0.1, 0.15) is 49.0 Å². The van der Waals surface area contributed by atoms with Crippen molar-refractivity contribution >= 4 is 23.1 Å². The molecule has 2 heterocycles. The second-order valence-corrected chi connectivity index (χ2v) is 7.91. The Morgan fingerprint density at radius 2 is 2.25 bits per heavy atom. The van der Waals surface area contributed by atoms with Crippen molar-refractivity contribution in [2.45, 2.75) is 50.1 Å². The number of nitrogens with one attached hydrogen (secondary N) is 1. The zero-order valence-corrected chi connectivity index (χ0v) is 13.2. The summed E-state index contributed by atoms with van der Waals surface area (Å²) in [5, 5.41) is 2.67. The van der Waals surface area contributed by atoms with Crippen LogP contribution < -0.4 is 5.32 Å². The van der Waals surface area contributed by atoms with E-state index in [4.69, 9.17) is 0 Å². The molecule has 0 bridgehead atoms. The molecule has 2 nitrogen and oxygen atoms in total. The maximum Gasteiger partial charge on any atom is 0.443 e. The minimum Gasteiger partial charge on any atom is -0.308 e. The van der Waals surface area contributed by atoms with Gasteiger partial charge in [-0.2, -0.15) is 24.9 Å². The van der Waals surface area contributed by atoms with Gasteiger partial charge in [-0.15, -0.1) is 11.3 Å². The Hall–Kier alpha value is -0.270. The highest BCUT2D eigenvalue weighted by Crippen LogP contribution is 2.48. The molecule has 0 spiro atoms. The lowest BCUT2D eigenvalue weighted by atomic mass is 9.95. The zero-order valence-electron chi connectivity index (χ0n) is 11.6. The molecule has 1 aliphatic rings. The van der Waals surface area contributed by atoms with Crippen LogP contribution in [0.5, 0.6) is 0 Å². The molecule has 0 radical (unpaired) electrons. The van der Waals surface area contributed by atoms with Gasteiger partial charge in [0.2, 0.25) is 0 Å². The van der Waals surface area contributed by atoms with E-state index in [1.54, 1.807) is 0 Å². The van der Waals surface area contributed by atoms with Gasteiger partial charge in [0, 0.05) is 15.8 Å². The van der Waals surface area contributed by atoms with E-state index in [1.165, 1.54) is 6.20 Å². The molecule has 1 aromatic rings. The number of hydrogen-bond donors (Lipinski definition) is 1. The van der Waals surface area contributed by atoms with Crippen LogP contribution in [-0.2, 0) is 6.18 Å². The number of thioether (sulfide) groups is 1. The minimum absolute atomic E-state index is 0.0371. The summed E-state index contributed by atoms with van der Waals surface area (Å²) in [6.45, 7) is 5.01. The molecule has 2 rings (SSSR count). The standard InChI is InChI=1S/C13H19F3N2S2/c1-3-6-17-10(12(2)5-4-7-19-12)9-8-18-11(20-9)13(14,15)16/h8,10,17H,3-7H2,1-2H3. The SMILES string of the molecule is CCCNC(c1cnc(C(F)(F)F)s1)C1(C)CCCS1. The van der Waals surface area contributed by atoms with E-state index in [9.17, 15) is 13.2 Å². The molecular weight excluding hydrogens is 305 g/mol. The number of hydrogen-bond acceptors (Lipinski definition) is 4. The monoisotopic (exact) mass is 324 g/mol. The molecular formula is C13H19F3N2S2. The van der Waals surface area contributed by atoms with Gasteiger partial charge in [0.05, 0.1) is 6.04 Å². The molecule has 0 aromatic carbocycles. The highest BCUT2D eigenvalue weighted by atomic mass is 32.2. The first kappa shape index (κ1) is 16.1. The third-order valence-electron chi connectivity index (χ3n) is 3.51. The lowest BCUT2D eigenvalue weighted by Crippen LogP contribution is -2.37. The topological polar surface area (TPSA) is 24.9 Å². The van der Waals surface area contributed by atoms with E-state index >= 15 is 0 Å². The Kier molecular flexibility index (Phi) is 5.02. The first-order valence-corrected chi connectivity index (χ1v) is 8.57. The Morgan fingerprint density at radius 1 is 1.50 bits per heavy atom. The fourth-order valence-electron chi connectivity index (χ4n) is 2.49. The Labute approximate surface area is 125 Å². The predicted molar refractivity (Wildman–Crippen MR) is 78.2 cm³/mol. The van der Waals surface area contributed by atoms with Crippen molar-refractivity contribution in [3.63, 3.8) is 0 Å². The van der Waals surface area contributed by atoms with E-state index in [2.05, 4.69) is 24.1 Å². The second kappa shape index (κ2) is 6.23. The molecule has 1 aromatic heterocycles. The summed E-state index contributed by atoms with van der Waals surface area (Å²) in [5.41, 5.74) is 0. The van der Waals surface area contributed by atoms with Gasteiger partial charge < -0.3 is 5.32 Å². The fourth-order valence-corrected chi connectivity index (χ4v) is 4.99. The van der Waals surface area contributed by atoms with Crippen LogP contribution >= 0.6 is 23.1 Å². The summed E-state index contributed by atoms with van der Waals surface area (Å²) in [4.78, 5) is 4.26. The Bertz CT molecular complexity index is 439. The third kappa shape index (κ3) is 3.49. The summed E-state index contributed by atoms with van der Waals surface area (Å²) in [6.07, 6.45) is 0.157. The summed E-state index contributed by atoms with van der Waals surface area (Å²) >= 11 is 2.62. The number of rotatable bonds is 5. The van der Waals surface area contributed by atoms with Crippen LogP contribution in [-0.4, -0.2) is 22.0 Å². The van der Waals surface area contributed by atoms with Gasteiger partial charge in [-0.25, -0.2) is 4.98 Å². The number of alkyl halides is 3. The molecule has 2 unspecified atom stereocenters. The van der Waals surface area contributed by atoms with Crippen LogP contribution in [0.4, 0.5) is 13.2 Å². The van der Waals surface area contributed by atoms with Gasteiger partial charge in [-0.3, -0.25) is 0 Å². The van der Waals surface area contributed by atoms with E-state index in [-0.39, 0.29) is 10.8 Å². The van der Waals surface area contributed by atoms with Crippen molar-refractivity contribution in [3.05, 3.63) is 16.1 Å². The molecule has 0 saturated carbocycles. The molecule has 1 aliphatic heterocycles. The molecule has 2 atom stereocenters. The molecule has 114 valence electrons. The molecule has 1 saturated heterocycles. The van der Waals surface area contributed by atoms with Crippen LogP contribution in [0.15, 0.2) is 6.20 Å². The summed E-state index contributed by atoms with van der Waals surface area (Å²) in [5.74, 6) is 1.08. The molecule has 20 heavy (non-hydrogen) atoms. The zero-order chi connectivity index (χ0) is 14.8. The van der Waals surface area contributed by atoms with Gasteiger partial charge in [-0.05, 0) is 38.5 Å². The average Bonchev–Trinajstić information content (AvgIpc) is 2.99. The van der Waals surface area contributed by atoms with Gasteiger partial charge in [0.1, 0.15) is 0 Å². The van der Waals surface area contributed by atoms with Crippen LogP contribution in [0.3, 0.4) is 0 Å². The van der Waals surface area contributed by atoms with Crippen molar-refractivity contribution in [1.29, 1.82) is 0 Å². The smallest absolute Gasteiger partial charge is 0.308 e. The number of nitrogens with zero attached hydrogens (tertiary/aromatic N) is 1. The largest absolute Gasteiger partial charge is 0.443 e. The van der Waals surface area contributed by atoms with Crippen molar-refractivity contribution in [3.8, 4) is 0 Å². The van der Waals surface area contributed by atoms with Crippen molar-refractivity contribution in [1.82, 2.24) is 10.3 Å². The van der Waals surface area contributed by atoms with E-state index in [0.717, 1.165) is 42.9 Å². The maximum atomic E-state index is 12.7. The summed E-state index contributed by atoms with van der Waals surface area (Å²) in [7, 11) is 0. The van der Waals surface area contributed by atoms with E-state index in [0.29, 0.717) is 4.88 Å². The van der Waals surface area contributed by atoms with Crippen LogP contribution in [0.25, 0.3) is 0 Å². The van der Waals surface area contributed by atoms with Crippen LogP contribution in [0.2, 0.25) is 0 Å². The predicted octanol–water partition coefficient (Wildman–Crippen LogP) is 4.49. The fraction of sp³-hybridized carbons (Fsp3) is 0.769. The quantitative estimate of drug-likeness (QED) is 0.864. The van der Waals surface area contributed by atoms with Crippen LogP contribution in [0, 0.1) is 0 Å². The first-order valence-electron chi connectivity index (χ1n) is 6.77. The molecule has 1 fully saturated rings. The van der Waals surface area contributed by atoms with Crippen molar-refractivity contribution in [2.24, 2.45) is 0 Å². The van der Waals surface area contributed by atoms with Gasteiger partial charge in [0.25, 0.3) is 0 Å².